The molecule has 0 aliphatic carbocycles. The van der Waals surface area contributed by atoms with E-state index >= 15 is 0 Å². The van der Waals surface area contributed by atoms with Gasteiger partial charge in [-0.25, -0.2) is 13.4 Å². The number of sulfone groups is 1. The minimum atomic E-state index is -2.95. The summed E-state index contributed by atoms with van der Waals surface area (Å²) >= 11 is 0. The van der Waals surface area contributed by atoms with Gasteiger partial charge in [0.25, 0.3) is 0 Å². The van der Waals surface area contributed by atoms with Crippen LogP contribution in [0.4, 0.5) is 0 Å². The summed E-state index contributed by atoms with van der Waals surface area (Å²) < 4.78 is 26.1. The molecule has 2 N–H and O–H groups in total. The first-order valence-electron chi connectivity index (χ1n) is 6.97. The van der Waals surface area contributed by atoms with Gasteiger partial charge in [-0.15, -0.1) is 0 Å². The first kappa shape index (κ1) is 13.6. The summed E-state index contributed by atoms with van der Waals surface area (Å²) in [5.74, 6) is 0.319. The molecule has 108 valence electrons. The summed E-state index contributed by atoms with van der Waals surface area (Å²) in [6.45, 7) is 0.433. The Hall–Kier alpha value is -1.40. The van der Waals surface area contributed by atoms with Crippen molar-refractivity contribution in [2.45, 2.75) is 37.5 Å². The number of nitrogens with two attached hydrogens (primary N) is 1. The van der Waals surface area contributed by atoms with Gasteiger partial charge < -0.3 is 10.1 Å². The highest BCUT2D eigenvalue weighted by molar-refractivity contribution is 7.92. The van der Waals surface area contributed by atoms with Crippen molar-refractivity contribution in [2.24, 2.45) is 5.73 Å². The van der Waals surface area contributed by atoms with E-state index in [1.807, 2.05) is 28.9 Å². The van der Waals surface area contributed by atoms with Crippen LogP contribution in [0.5, 0.6) is 0 Å². The average Bonchev–Trinajstić information content (AvgIpc) is 2.83. The predicted octanol–water partition coefficient (Wildman–Crippen LogP) is 1.30. The van der Waals surface area contributed by atoms with E-state index in [1.165, 1.54) is 0 Å². The molecule has 0 bridgehead atoms. The fraction of sp³-hybridized carbons (Fsp3) is 0.500. The van der Waals surface area contributed by atoms with E-state index in [4.69, 9.17) is 5.73 Å². The monoisotopic (exact) mass is 293 g/mol. The van der Waals surface area contributed by atoms with Gasteiger partial charge in [-0.3, -0.25) is 0 Å². The number of hydrogen-bond acceptors (Lipinski definition) is 4. The molecule has 1 fully saturated rings. The molecule has 1 saturated heterocycles. The number of nitrogens with zero attached hydrogens (tertiary/aromatic N) is 2. The van der Waals surface area contributed by atoms with E-state index in [2.05, 4.69) is 4.98 Å². The van der Waals surface area contributed by atoms with Crippen molar-refractivity contribution in [3.8, 4) is 0 Å². The molecule has 1 aliphatic heterocycles. The standard InChI is InChI=1S/C14H19N3O2S/c15-9-11-4-3-6-17-10-12(16-14(11)17)8-13-5-1-2-7-20(13,18)19/h3-4,6,10,13H,1-2,5,7-9,15H2. The van der Waals surface area contributed by atoms with Crippen LogP contribution in [0.15, 0.2) is 24.5 Å². The van der Waals surface area contributed by atoms with Crippen LogP contribution in [0, 0.1) is 0 Å². The summed E-state index contributed by atoms with van der Waals surface area (Å²) in [5.41, 5.74) is 8.35. The smallest absolute Gasteiger partial charge is 0.153 e. The summed E-state index contributed by atoms with van der Waals surface area (Å²) in [6, 6.07) is 3.88. The second-order valence-corrected chi connectivity index (χ2v) is 7.79. The second-order valence-electron chi connectivity index (χ2n) is 5.39. The van der Waals surface area contributed by atoms with Crippen molar-refractivity contribution in [2.75, 3.05) is 5.75 Å². The second kappa shape index (κ2) is 5.18. The predicted molar refractivity (Wildman–Crippen MR) is 78.2 cm³/mol. The van der Waals surface area contributed by atoms with Crippen LogP contribution >= 0.6 is 0 Å². The maximum Gasteiger partial charge on any atom is 0.153 e. The Balaban J connectivity index is 1.91. The molecule has 6 heteroatoms. The molecule has 5 nitrogen and oxygen atoms in total. The van der Waals surface area contributed by atoms with Gasteiger partial charge >= 0.3 is 0 Å². The molecule has 1 atom stereocenters. The first-order valence-corrected chi connectivity index (χ1v) is 8.69. The lowest BCUT2D eigenvalue weighted by Gasteiger charge is -2.21. The SMILES string of the molecule is NCc1cccn2cc(CC3CCCCS3(=O)=O)nc12. The van der Waals surface area contributed by atoms with Crippen molar-refractivity contribution in [3.63, 3.8) is 0 Å². The third kappa shape index (κ3) is 2.45. The van der Waals surface area contributed by atoms with Crippen LogP contribution in [0.3, 0.4) is 0 Å². The van der Waals surface area contributed by atoms with Gasteiger partial charge in [-0.2, -0.15) is 0 Å². The molecule has 3 heterocycles. The van der Waals surface area contributed by atoms with E-state index in [0.29, 0.717) is 18.7 Å². The molecule has 0 radical (unpaired) electrons. The van der Waals surface area contributed by atoms with E-state index in [-0.39, 0.29) is 5.25 Å². The van der Waals surface area contributed by atoms with E-state index in [9.17, 15) is 8.42 Å². The fourth-order valence-corrected chi connectivity index (χ4v) is 4.75. The van der Waals surface area contributed by atoms with Crippen LogP contribution in [0.25, 0.3) is 5.65 Å². The molecule has 3 rings (SSSR count). The Labute approximate surface area is 118 Å². The molecule has 0 amide bonds. The molecule has 1 aliphatic rings. The molecule has 0 saturated carbocycles. The quantitative estimate of drug-likeness (QED) is 0.925. The Morgan fingerprint density at radius 2 is 2.25 bits per heavy atom. The third-order valence-electron chi connectivity index (χ3n) is 3.98. The van der Waals surface area contributed by atoms with Gasteiger partial charge in [0.1, 0.15) is 5.65 Å². The number of pyridine rings is 1. The summed E-state index contributed by atoms with van der Waals surface area (Å²) in [4.78, 5) is 4.56. The normalized spacial score (nSPS) is 22.1. The van der Waals surface area contributed by atoms with Crippen LogP contribution in [0.2, 0.25) is 0 Å². The Kier molecular flexibility index (Phi) is 3.52. The molecule has 20 heavy (non-hydrogen) atoms. The molecule has 2 aromatic heterocycles. The number of hydrogen-bond donors (Lipinski definition) is 1. The zero-order chi connectivity index (χ0) is 14.2. The van der Waals surface area contributed by atoms with Gasteiger partial charge in [-0.05, 0) is 18.9 Å². The lowest BCUT2D eigenvalue weighted by atomic mass is 10.1. The molecular weight excluding hydrogens is 274 g/mol. The highest BCUT2D eigenvalue weighted by atomic mass is 32.2. The Bertz CT molecular complexity index is 721. The minimum Gasteiger partial charge on any atom is -0.326 e. The molecule has 2 aromatic rings. The summed E-state index contributed by atoms with van der Waals surface area (Å²) in [6.07, 6.45) is 6.87. The van der Waals surface area contributed by atoms with Gasteiger partial charge in [0.15, 0.2) is 9.84 Å². The van der Waals surface area contributed by atoms with E-state index in [0.717, 1.165) is 36.2 Å². The van der Waals surface area contributed by atoms with E-state index in [1.54, 1.807) is 0 Å². The molecule has 0 spiro atoms. The van der Waals surface area contributed by atoms with Gasteiger partial charge in [0.05, 0.1) is 16.7 Å². The van der Waals surface area contributed by atoms with Crippen molar-refractivity contribution in [1.82, 2.24) is 9.38 Å². The number of imidazole rings is 1. The maximum absolute atomic E-state index is 12.1. The molecule has 0 aromatic carbocycles. The highest BCUT2D eigenvalue weighted by Gasteiger charge is 2.29. The number of rotatable bonds is 3. The van der Waals surface area contributed by atoms with Crippen LogP contribution < -0.4 is 5.73 Å². The largest absolute Gasteiger partial charge is 0.326 e. The van der Waals surface area contributed by atoms with Crippen LogP contribution in [-0.4, -0.2) is 28.8 Å². The highest BCUT2D eigenvalue weighted by Crippen LogP contribution is 2.23. The van der Waals surface area contributed by atoms with Crippen molar-refractivity contribution >= 4 is 15.5 Å². The van der Waals surface area contributed by atoms with Gasteiger partial charge in [-0.1, -0.05) is 12.5 Å². The van der Waals surface area contributed by atoms with Crippen molar-refractivity contribution in [1.29, 1.82) is 0 Å². The first-order chi connectivity index (χ1) is 9.60. The lowest BCUT2D eigenvalue weighted by Crippen LogP contribution is -2.30. The average molecular weight is 293 g/mol. The Morgan fingerprint density at radius 3 is 3.00 bits per heavy atom. The van der Waals surface area contributed by atoms with Crippen LogP contribution in [-0.2, 0) is 22.8 Å². The number of fused-ring (bicyclic) bond motifs is 1. The summed E-state index contributed by atoms with van der Waals surface area (Å²) in [7, 11) is -2.95. The zero-order valence-corrected chi connectivity index (χ0v) is 12.1. The Morgan fingerprint density at radius 1 is 1.40 bits per heavy atom. The zero-order valence-electron chi connectivity index (χ0n) is 11.3. The minimum absolute atomic E-state index is 0.275. The maximum atomic E-state index is 12.1. The third-order valence-corrected chi connectivity index (χ3v) is 6.26. The molecule has 1 unspecified atom stereocenters. The topological polar surface area (TPSA) is 77.5 Å². The fourth-order valence-electron chi connectivity index (χ4n) is 2.86. The lowest BCUT2D eigenvalue weighted by molar-refractivity contribution is 0.536. The van der Waals surface area contributed by atoms with Crippen LogP contribution in [0.1, 0.15) is 30.5 Å². The number of aromatic nitrogens is 2. The molecular formula is C14H19N3O2S. The van der Waals surface area contributed by atoms with Crippen molar-refractivity contribution in [3.05, 3.63) is 35.8 Å². The summed E-state index contributed by atoms with van der Waals surface area (Å²) in [5, 5.41) is -0.275. The van der Waals surface area contributed by atoms with E-state index < -0.39 is 9.84 Å². The van der Waals surface area contributed by atoms with Crippen molar-refractivity contribution < 1.29 is 8.42 Å². The van der Waals surface area contributed by atoms with Gasteiger partial charge in [0, 0.05) is 30.9 Å². The van der Waals surface area contributed by atoms with Gasteiger partial charge in [0.2, 0.25) is 0 Å².